The quantitative estimate of drug-likeness (QED) is 0.579. The lowest BCUT2D eigenvalue weighted by Gasteiger charge is -2.35. The molecular formula is C27H37FN6O2. The first-order valence-corrected chi connectivity index (χ1v) is 13.0. The SMILES string of the molecule is CN[C@@H](C)C(=O)N[C@H](C(=O)N1CCC[C@@H]1c1ccnc(N(C)c2ccccc2F)n1)C1CCCCC1. The first-order chi connectivity index (χ1) is 17.4. The van der Waals surface area contributed by atoms with Crippen molar-refractivity contribution in [3.8, 4) is 0 Å². The Morgan fingerprint density at radius 1 is 1.11 bits per heavy atom. The molecule has 0 radical (unpaired) electrons. The van der Waals surface area contributed by atoms with Crippen LogP contribution in [0.5, 0.6) is 0 Å². The van der Waals surface area contributed by atoms with E-state index in [0.29, 0.717) is 18.2 Å². The number of nitrogens with zero attached hydrogens (tertiary/aromatic N) is 4. The summed E-state index contributed by atoms with van der Waals surface area (Å²) < 4.78 is 14.4. The molecule has 2 heterocycles. The summed E-state index contributed by atoms with van der Waals surface area (Å²) in [5.74, 6) is -0.0456. The predicted octanol–water partition coefficient (Wildman–Crippen LogP) is 3.72. The molecule has 2 aliphatic rings. The zero-order chi connectivity index (χ0) is 25.7. The second-order valence-corrected chi connectivity index (χ2v) is 9.88. The van der Waals surface area contributed by atoms with Gasteiger partial charge in [0.1, 0.15) is 11.9 Å². The maximum absolute atomic E-state index is 14.4. The molecule has 0 spiro atoms. The third-order valence-corrected chi connectivity index (χ3v) is 7.57. The summed E-state index contributed by atoms with van der Waals surface area (Å²) in [6.07, 6.45) is 8.50. The standard InChI is InChI=1S/C27H37FN6O2/c1-18(29-2)25(35)32-24(19-10-5-4-6-11-19)26(36)34-17-9-14-23(34)21-15-16-30-27(31-21)33(3)22-13-8-7-12-20(22)28/h7-8,12-13,15-16,18-19,23-24,29H,4-6,9-11,14,17H2,1-3H3,(H,32,35)/t18-,23+,24-/m0/s1. The lowest BCUT2D eigenvalue weighted by molar-refractivity contribution is -0.139. The van der Waals surface area contributed by atoms with Gasteiger partial charge in [-0.05, 0) is 63.8 Å². The second-order valence-electron chi connectivity index (χ2n) is 9.88. The number of para-hydroxylation sites is 1. The van der Waals surface area contributed by atoms with Gasteiger partial charge in [-0.1, -0.05) is 31.4 Å². The fourth-order valence-electron chi connectivity index (χ4n) is 5.32. The number of carbonyl (C=O) groups excluding carboxylic acids is 2. The summed E-state index contributed by atoms with van der Waals surface area (Å²) in [5, 5.41) is 6.03. The largest absolute Gasteiger partial charge is 0.343 e. The van der Waals surface area contributed by atoms with Gasteiger partial charge in [0, 0.05) is 19.8 Å². The molecule has 1 aromatic carbocycles. The smallest absolute Gasteiger partial charge is 0.246 e. The number of benzene rings is 1. The number of amides is 2. The number of hydrogen-bond acceptors (Lipinski definition) is 6. The van der Waals surface area contributed by atoms with E-state index in [2.05, 4.69) is 15.6 Å². The minimum Gasteiger partial charge on any atom is -0.343 e. The van der Waals surface area contributed by atoms with Crippen molar-refractivity contribution in [1.82, 2.24) is 25.5 Å². The minimum atomic E-state index is -0.545. The summed E-state index contributed by atoms with van der Waals surface area (Å²) in [4.78, 5) is 39.3. The van der Waals surface area contributed by atoms with Gasteiger partial charge in [0.05, 0.1) is 23.5 Å². The first-order valence-electron chi connectivity index (χ1n) is 13.0. The van der Waals surface area contributed by atoms with Gasteiger partial charge < -0.3 is 20.4 Å². The van der Waals surface area contributed by atoms with Gasteiger partial charge in [0.15, 0.2) is 0 Å². The molecule has 1 saturated carbocycles. The van der Waals surface area contributed by atoms with E-state index in [-0.39, 0.29) is 35.6 Å². The molecule has 36 heavy (non-hydrogen) atoms. The van der Waals surface area contributed by atoms with Crippen molar-refractivity contribution in [2.75, 3.05) is 25.5 Å². The van der Waals surface area contributed by atoms with Gasteiger partial charge >= 0.3 is 0 Å². The Morgan fingerprint density at radius 2 is 1.86 bits per heavy atom. The van der Waals surface area contributed by atoms with Crippen LogP contribution in [0.4, 0.5) is 16.0 Å². The van der Waals surface area contributed by atoms with Crippen LogP contribution in [0.3, 0.4) is 0 Å². The van der Waals surface area contributed by atoms with E-state index in [0.717, 1.165) is 44.2 Å². The van der Waals surface area contributed by atoms with Gasteiger partial charge in [0.25, 0.3) is 0 Å². The molecular weight excluding hydrogens is 459 g/mol. The summed E-state index contributed by atoms with van der Waals surface area (Å²) in [7, 11) is 3.47. The molecule has 2 amide bonds. The minimum absolute atomic E-state index is 0.0383. The zero-order valence-corrected chi connectivity index (χ0v) is 21.4. The van der Waals surface area contributed by atoms with Gasteiger partial charge in [-0.2, -0.15) is 0 Å². The highest BCUT2D eigenvalue weighted by Crippen LogP contribution is 2.35. The Kier molecular flexibility index (Phi) is 8.51. The Balaban J connectivity index is 1.57. The topological polar surface area (TPSA) is 90.5 Å². The van der Waals surface area contributed by atoms with Gasteiger partial charge in [-0.15, -0.1) is 0 Å². The molecule has 194 valence electrons. The van der Waals surface area contributed by atoms with Crippen molar-refractivity contribution in [2.45, 2.75) is 70.0 Å². The van der Waals surface area contributed by atoms with E-state index in [9.17, 15) is 14.0 Å². The van der Waals surface area contributed by atoms with Crippen LogP contribution in [0.15, 0.2) is 36.5 Å². The highest BCUT2D eigenvalue weighted by molar-refractivity contribution is 5.90. The van der Waals surface area contributed by atoms with Crippen LogP contribution < -0.4 is 15.5 Å². The van der Waals surface area contributed by atoms with E-state index in [1.165, 1.54) is 12.5 Å². The number of nitrogens with one attached hydrogen (secondary N) is 2. The van der Waals surface area contributed by atoms with Crippen LogP contribution in [0, 0.1) is 11.7 Å². The number of halogens is 1. The number of aromatic nitrogens is 2. The Labute approximate surface area is 212 Å². The number of rotatable bonds is 8. The van der Waals surface area contributed by atoms with Crippen molar-refractivity contribution < 1.29 is 14.0 Å². The summed E-state index contributed by atoms with van der Waals surface area (Å²) in [5.41, 5.74) is 1.11. The number of hydrogen-bond donors (Lipinski definition) is 2. The van der Waals surface area contributed by atoms with Crippen molar-refractivity contribution in [3.63, 3.8) is 0 Å². The Hall–Kier alpha value is -3.07. The molecule has 1 aliphatic carbocycles. The second kappa shape index (κ2) is 11.8. The lowest BCUT2D eigenvalue weighted by atomic mass is 9.83. The molecule has 9 heteroatoms. The molecule has 0 bridgehead atoms. The molecule has 4 rings (SSSR count). The molecule has 0 unspecified atom stereocenters. The molecule has 2 N–H and O–H groups in total. The van der Waals surface area contributed by atoms with E-state index in [1.807, 2.05) is 11.0 Å². The third-order valence-electron chi connectivity index (χ3n) is 7.57. The van der Waals surface area contributed by atoms with E-state index < -0.39 is 6.04 Å². The van der Waals surface area contributed by atoms with Crippen LogP contribution in [-0.2, 0) is 9.59 Å². The Bertz CT molecular complexity index is 1060. The van der Waals surface area contributed by atoms with Crippen LogP contribution >= 0.6 is 0 Å². The van der Waals surface area contributed by atoms with Crippen LogP contribution in [0.2, 0.25) is 0 Å². The summed E-state index contributed by atoms with van der Waals surface area (Å²) in [6, 6.07) is 7.19. The average molecular weight is 497 g/mol. The number of anilines is 2. The molecule has 2 fully saturated rings. The average Bonchev–Trinajstić information content (AvgIpc) is 3.41. The number of carbonyl (C=O) groups is 2. The highest BCUT2D eigenvalue weighted by Gasteiger charge is 2.39. The van der Waals surface area contributed by atoms with Crippen LogP contribution in [0.1, 0.15) is 63.6 Å². The highest BCUT2D eigenvalue weighted by atomic mass is 19.1. The van der Waals surface area contributed by atoms with Crippen molar-refractivity contribution >= 4 is 23.5 Å². The number of likely N-dealkylation sites (tertiary alicyclic amines) is 1. The fraction of sp³-hybridized carbons (Fsp3) is 0.556. The molecule has 8 nitrogen and oxygen atoms in total. The first kappa shape index (κ1) is 26.0. The van der Waals surface area contributed by atoms with Crippen molar-refractivity contribution in [1.29, 1.82) is 0 Å². The molecule has 2 aromatic rings. The number of likely N-dealkylation sites (N-methyl/N-ethyl adjacent to an activating group) is 1. The van der Waals surface area contributed by atoms with Gasteiger partial charge in [-0.25, -0.2) is 14.4 Å². The monoisotopic (exact) mass is 496 g/mol. The zero-order valence-electron chi connectivity index (χ0n) is 21.4. The Morgan fingerprint density at radius 3 is 2.58 bits per heavy atom. The van der Waals surface area contributed by atoms with Crippen molar-refractivity contribution in [2.24, 2.45) is 5.92 Å². The van der Waals surface area contributed by atoms with E-state index in [1.54, 1.807) is 50.3 Å². The van der Waals surface area contributed by atoms with Crippen LogP contribution in [0.25, 0.3) is 0 Å². The van der Waals surface area contributed by atoms with E-state index >= 15 is 0 Å². The van der Waals surface area contributed by atoms with Gasteiger partial charge in [-0.3, -0.25) is 9.59 Å². The van der Waals surface area contributed by atoms with Gasteiger partial charge in [0.2, 0.25) is 17.8 Å². The maximum atomic E-state index is 14.4. The fourth-order valence-corrected chi connectivity index (χ4v) is 5.32. The van der Waals surface area contributed by atoms with Crippen molar-refractivity contribution in [3.05, 3.63) is 48.0 Å². The predicted molar refractivity (Wildman–Crippen MR) is 137 cm³/mol. The van der Waals surface area contributed by atoms with Crippen LogP contribution in [-0.4, -0.2) is 59.4 Å². The maximum Gasteiger partial charge on any atom is 0.246 e. The molecule has 1 aliphatic heterocycles. The molecule has 3 atom stereocenters. The normalized spacial score (nSPS) is 20.1. The summed E-state index contributed by atoms with van der Waals surface area (Å²) >= 11 is 0. The lowest BCUT2D eigenvalue weighted by Crippen LogP contribution is -2.55. The third kappa shape index (κ3) is 5.67. The molecule has 1 aromatic heterocycles. The molecule has 1 saturated heterocycles. The summed E-state index contributed by atoms with van der Waals surface area (Å²) in [6.45, 7) is 2.41. The van der Waals surface area contributed by atoms with E-state index in [4.69, 9.17) is 4.98 Å².